The molecule has 7 nitrogen and oxygen atoms in total. The minimum atomic E-state index is -3.92. The lowest BCUT2D eigenvalue weighted by atomic mass is 9.94. The minimum Gasteiger partial charge on any atom is -0.352 e. The highest BCUT2D eigenvalue weighted by molar-refractivity contribution is 7.92. The summed E-state index contributed by atoms with van der Waals surface area (Å²) in [5, 5.41) is 4.02. The molecule has 0 saturated heterocycles. The number of nitrogens with zero attached hydrogens (tertiary/aromatic N) is 2. The molecule has 3 aromatic carbocycles. The van der Waals surface area contributed by atoms with Gasteiger partial charge in [0.15, 0.2) is 0 Å². The van der Waals surface area contributed by atoms with Gasteiger partial charge in [0, 0.05) is 19.0 Å². The lowest BCUT2D eigenvalue weighted by molar-refractivity contribution is -0.140. The molecule has 1 N–H and O–H groups in total. The van der Waals surface area contributed by atoms with Crippen LogP contribution in [0, 0.1) is 0 Å². The second-order valence-electron chi connectivity index (χ2n) is 10.5. The van der Waals surface area contributed by atoms with Crippen LogP contribution in [0.5, 0.6) is 0 Å². The maximum absolute atomic E-state index is 14.2. The van der Waals surface area contributed by atoms with Crippen LogP contribution >= 0.6 is 34.8 Å². The summed E-state index contributed by atoms with van der Waals surface area (Å²) < 4.78 is 26.8. The molecule has 0 unspecified atom stereocenters. The van der Waals surface area contributed by atoms with E-state index in [0.717, 1.165) is 48.2 Å². The Morgan fingerprint density at radius 1 is 0.857 bits per heavy atom. The smallest absolute Gasteiger partial charge is 0.244 e. The number of para-hydroxylation sites is 1. The number of carbonyl (C=O) groups excluding carboxylic acids is 2. The summed E-state index contributed by atoms with van der Waals surface area (Å²) in [6.07, 6.45) is 6.19. The monoisotopic (exact) mass is 649 g/mol. The fraction of sp³-hybridized carbons (Fsp3) is 0.355. The largest absolute Gasteiger partial charge is 0.352 e. The number of carbonyl (C=O) groups is 2. The van der Waals surface area contributed by atoms with Gasteiger partial charge >= 0.3 is 0 Å². The number of nitrogens with one attached hydrogen (secondary N) is 1. The summed E-state index contributed by atoms with van der Waals surface area (Å²) in [6.45, 7) is -0.544. The molecule has 1 aliphatic rings. The number of amides is 2. The maximum atomic E-state index is 14.2. The molecule has 11 heteroatoms. The van der Waals surface area contributed by atoms with E-state index in [1.165, 1.54) is 11.0 Å². The third kappa shape index (κ3) is 8.63. The van der Waals surface area contributed by atoms with Crippen molar-refractivity contribution in [2.24, 2.45) is 0 Å². The fourth-order valence-corrected chi connectivity index (χ4v) is 6.65. The number of hydrogen-bond donors (Lipinski definition) is 1. The van der Waals surface area contributed by atoms with Gasteiger partial charge in [-0.3, -0.25) is 13.9 Å². The quantitative estimate of drug-likeness (QED) is 0.257. The Morgan fingerprint density at radius 3 is 2.17 bits per heavy atom. The summed E-state index contributed by atoms with van der Waals surface area (Å²) in [5.41, 5.74) is 1.68. The molecule has 0 radical (unpaired) electrons. The van der Waals surface area contributed by atoms with E-state index < -0.39 is 28.5 Å². The molecule has 1 atom stereocenters. The van der Waals surface area contributed by atoms with Gasteiger partial charge < -0.3 is 10.2 Å². The zero-order valence-electron chi connectivity index (χ0n) is 23.3. The molecule has 1 aliphatic carbocycles. The predicted octanol–water partition coefficient (Wildman–Crippen LogP) is 6.50. The van der Waals surface area contributed by atoms with Crippen molar-refractivity contribution in [3.63, 3.8) is 0 Å². The Balaban J connectivity index is 1.74. The van der Waals surface area contributed by atoms with Crippen LogP contribution in [0.3, 0.4) is 0 Å². The Labute approximate surface area is 262 Å². The van der Waals surface area contributed by atoms with Crippen LogP contribution in [0.1, 0.15) is 43.2 Å². The second-order valence-corrected chi connectivity index (χ2v) is 13.7. The predicted molar refractivity (Wildman–Crippen MR) is 170 cm³/mol. The van der Waals surface area contributed by atoms with Gasteiger partial charge in [0.05, 0.1) is 27.0 Å². The van der Waals surface area contributed by atoms with E-state index in [0.29, 0.717) is 15.6 Å². The fourth-order valence-electron chi connectivity index (χ4n) is 5.18. The molecule has 0 aromatic heterocycles. The number of sulfonamides is 1. The molecule has 0 aliphatic heterocycles. The van der Waals surface area contributed by atoms with Crippen LogP contribution in [-0.2, 0) is 32.6 Å². The van der Waals surface area contributed by atoms with Crippen LogP contribution in [0.15, 0.2) is 72.8 Å². The molecule has 1 fully saturated rings. The molecule has 2 amide bonds. The second kappa shape index (κ2) is 14.6. The van der Waals surface area contributed by atoms with E-state index in [-0.39, 0.29) is 35.6 Å². The summed E-state index contributed by atoms with van der Waals surface area (Å²) >= 11 is 18.8. The van der Waals surface area contributed by atoms with E-state index in [1.54, 1.807) is 36.4 Å². The highest BCUT2D eigenvalue weighted by Crippen LogP contribution is 2.29. The first-order chi connectivity index (χ1) is 20.0. The molecule has 1 saturated carbocycles. The Hall–Kier alpha value is -2.78. The summed E-state index contributed by atoms with van der Waals surface area (Å²) in [6, 6.07) is 19.9. The maximum Gasteiger partial charge on any atom is 0.244 e. The molecule has 3 aromatic rings. The SMILES string of the molecule is CS(=O)(=O)N(CC(=O)N(Cc1ccc(Cl)c(Cl)c1)[C@H](Cc1ccccc1)C(=O)NC1CCCCC1)c1ccccc1Cl. The van der Waals surface area contributed by atoms with Crippen LogP contribution in [0.25, 0.3) is 0 Å². The standard InChI is InChI=1S/C31H34Cl3N3O4S/c1-42(40,41)37(28-15-9-8-14-26(28)33)21-30(38)36(20-23-16-17-25(32)27(34)18-23)29(19-22-10-4-2-5-11-22)31(39)35-24-12-6-3-7-13-24/h2,4-5,8-11,14-18,24,29H,3,6-7,12-13,19-21H2,1H3,(H,35,39)/t29-/m1/s1. The third-order valence-corrected chi connectivity index (χ3v) is 9.55. The number of hydrogen-bond acceptors (Lipinski definition) is 4. The number of benzene rings is 3. The number of rotatable bonds is 11. The van der Waals surface area contributed by atoms with E-state index >= 15 is 0 Å². The van der Waals surface area contributed by atoms with Gasteiger partial charge in [-0.05, 0) is 48.2 Å². The molecular weight excluding hydrogens is 617 g/mol. The average Bonchev–Trinajstić information content (AvgIpc) is 2.96. The lowest BCUT2D eigenvalue weighted by Gasteiger charge is -2.35. The first kappa shape index (κ1) is 32.1. The molecular formula is C31H34Cl3N3O4S. The Kier molecular flexibility index (Phi) is 11.2. The van der Waals surface area contributed by atoms with E-state index in [4.69, 9.17) is 34.8 Å². The summed E-state index contributed by atoms with van der Waals surface area (Å²) in [5.74, 6) is -0.853. The topological polar surface area (TPSA) is 86.8 Å². The van der Waals surface area contributed by atoms with Crippen LogP contribution in [-0.4, -0.2) is 50.0 Å². The highest BCUT2D eigenvalue weighted by atomic mass is 35.5. The number of halogens is 3. The number of anilines is 1. The van der Waals surface area contributed by atoms with Crippen molar-refractivity contribution < 1.29 is 18.0 Å². The van der Waals surface area contributed by atoms with Crippen LogP contribution in [0.4, 0.5) is 5.69 Å². The van der Waals surface area contributed by atoms with Crippen LogP contribution < -0.4 is 9.62 Å². The molecule has 0 bridgehead atoms. The third-order valence-electron chi connectivity index (χ3n) is 7.36. The first-order valence-electron chi connectivity index (χ1n) is 13.8. The molecule has 0 spiro atoms. The molecule has 42 heavy (non-hydrogen) atoms. The van der Waals surface area contributed by atoms with Crippen molar-refractivity contribution in [1.82, 2.24) is 10.2 Å². The van der Waals surface area contributed by atoms with Gasteiger partial charge in [-0.25, -0.2) is 8.42 Å². The van der Waals surface area contributed by atoms with Crippen molar-refractivity contribution in [3.8, 4) is 0 Å². The van der Waals surface area contributed by atoms with Gasteiger partial charge in [0.25, 0.3) is 0 Å². The zero-order chi connectivity index (χ0) is 30.3. The van der Waals surface area contributed by atoms with E-state index in [2.05, 4.69) is 5.32 Å². The van der Waals surface area contributed by atoms with Crippen LogP contribution in [0.2, 0.25) is 15.1 Å². The normalized spacial score (nSPS) is 14.7. The Morgan fingerprint density at radius 2 is 1.52 bits per heavy atom. The van der Waals surface area contributed by atoms with Crippen molar-refractivity contribution in [2.75, 3.05) is 17.1 Å². The van der Waals surface area contributed by atoms with Crippen molar-refractivity contribution in [3.05, 3.63) is 99.0 Å². The lowest BCUT2D eigenvalue weighted by Crippen LogP contribution is -2.55. The highest BCUT2D eigenvalue weighted by Gasteiger charge is 2.34. The van der Waals surface area contributed by atoms with Crippen molar-refractivity contribution >= 4 is 62.3 Å². The minimum absolute atomic E-state index is 0.00539. The van der Waals surface area contributed by atoms with Crippen molar-refractivity contribution in [2.45, 2.75) is 57.2 Å². The Bertz CT molecular complexity index is 1500. The van der Waals surface area contributed by atoms with Crippen molar-refractivity contribution in [1.29, 1.82) is 0 Å². The first-order valence-corrected chi connectivity index (χ1v) is 16.8. The average molecular weight is 651 g/mol. The van der Waals surface area contributed by atoms with E-state index in [9.17, 15) is 18.0 Å². The van der Waals surface area contributed by atoms with Gasteiger partial charge in [-0.2, -0.15) is 0 Å². The van der Waals surface area contributed by atoms with Gasteiger partial charge in [-0.1, -0.05) is 103 Å². The van der Waals surface area contributed by atoms with Gasteiger partial charge in [0.2, 0.25) is 21.8 Å². The zero-order valence-corrected chi connectivity index (χ0v) is 26.4. The summed E-state index contributed by atoms with van der Waals surface area (Å²) in [7, 11) is -3.92. The summed E-state index contributed by atoms with van der Waals surface area (Å²) in [4.78, 5) is 29.6. The molecule has 224 valence electrons. The van der Waals surface area contributed by atoms with E-state index in [1.807, 2.05) is 30.3 Å². The van der Waals surface area contributed by atoms with Gasteiger partial charge in [0.1, 0.15) is 12.6 Å². The van der Waals surface area contributed by atoms with Gasteiger partial charge in [-0.15, -0.1) is 0 Å². The molecule has 4 rings (SSSR count). The molecule has 0 heterocycles.